The highest BCUT2D eigenvalue weighted by Gasteiger charge is 2.40. The minimum Gasteiger partial charge on any atom is -0.0632 e. The molecular formula is C21H32. The summed E-state index contributed by atoms with van der Waals surface area (Å²) in [6, 6.07) is 0. The lowest BCUT2D eigenvalue weighted by Crippen LogP contribution is -2.21. The van der Waals surface area contributed by atoms with Gasteiger partial charge in [0.2, 0.25) is 0 Å². The van der Waals surface area contributed by atoms with E-state index in [0.717, 1.165) is 0 Å². The predicted octanol–water partition coefficient (Wildman–Crippen LogP) is 6.62. The maximum absolute atomic E-state index is 2.42. The molecule has 116 valence electrons. The van der Waals surface area contributed by atoms with Crippen molar-refractivity contribution in [2.75, 3.05) is 0 Å². The molecule has 0 heteroatoms. The molecule has 2 aliphatic carbocycles. The second-order valence-corrected chi connectivity index (χ2v) is 7.80. The second kappa shape index (κ2) is 5.00. The fraction of sp³-hybridized carbons (Fsp3) is 0.619. The highest BCUT2D eigenvalue weighted by Crippen LogP contribution is 2.54. The Morgan fingerprint density at radius 1 is 0.571 bits per heavy atom. The third-order valence-corrected chi connectivity index (χ3v) is 6.57. The Hall–Kier alpha value is -1.04. The van der Waals surface area contributed by atoms with Gasteiger partial charge in [-0.3, -0.25) is 0 Å². The van der Waals surface area contributed by atoms with Crippen molar-refractivity contribution in [1.82, 2.24) is 0 Å². The zero-order chi connectivity index (χ0) is 16.3. The van der Waals surface area contributed by atoms with Crippen LogP contribution in [0.15, 0.2) is 44.6 Å². The van der Waals surface area contributed by atoms with Crippen molar-refractivity contribution in [3.63, 3.8) is 0 Å². The maximum atomic E-state index is 2.42. The van der Waals surface area contributed by atoms with Gasteiger partial charge in [-0.2, -0.15) is 0 Å². The fourth-order valence-electron chi connectivity index (χ4n) is 4.77. The van der Waals surface area contributed by atoms with Crippen LogP contribution in [0.4, 0.5) is 0 Å². The van der Waals surface area contributed by atoms with E-state index >= 15 is 0 Å². The van der Waals surface area contributed by atoms with Crippen molar-refractivity contribution in [2.24, 2.45) is 17.3 Å². The molecule has 0 bridgehead atoms. The summed E-state index contributed by atoms with van der Waals surface area (Å²) in [5, 5.41) is 0. The minimum atomic E-state index is 0.111. The third kappa shape index (κ3) is 2.10. The van der Waals surface area contributed by atoms with E-state index in [9.17, 15) is 0 Å². The van der Waals surface area contributed by atoms with Gasteiger partial charge in [0.1, 0.15) is 0 Å². The van der Waals surface area contributed by atoms with E-state index in [1.165, 1.54) is 11.1 Å². The van der Waals surface area contributed by atoms with Crippen molar-refractivity contribution in [3.8, 4) is 0 Å². The van der Waals surface area contributed by atoms with Gasteiger partial charge in [-0.1, -0.05) is 50.0 Å². The summed E-state index contributed by atoms with van der Waals surface area (Å²) >= 11 is 0. The van der Waals surface area contributed by atoms with Crippen molar-refractivity contribution in [1.29, 1.82) is 0 Å². The van der Waals surface area contributed by atoms with Gasteiger partial charge in [-0.05, 0) is 75.7 Å². The molecule has 0 N–H and O–H groups in total. The highest BCUT2D eigenvalue weighted by molar-refractivity contribution is 5.59. The molecule has 0 aromatic carbocycles. The van der Waals surface area contributed by atoms with E-state index in [1.807, 2.05) is 0 Å². The Labute approximate surface area is 131 Å². The van der Waals surface area contributed by atoms with Gasteiger partial charge in [0.25, 0.3) is 0 Å². The van der Waals surface area contributed by atoms with Gasteiger partial charge in [0.05, 0.1) is 0 Å². The Balaban J connectivity index is 2.65. The molecule has 0 heterocycles. The van der Waals surface area contributed by atoms with Crippen LogP contribution in [0.25, 0.3) is 0 Å². The monoisotopic (exact) mass is 284 g/mol. The Morgan fingerprint density at radius 3 is 1.05 bits per heavy atom. The number of rotatable bonds is 2. The zero-order valence-electron chi connectivity index (χ0n) is 15.7. The van der Waals surface area contributed by atoms with Crippen LogP contribution >= 0.6 is 0 Å². The average molecular weight is 284 g/mol. The Morgan fingerprint density at radius 2 is 0.857 bits per heavy atom. The normalized spacial score (nSPS) is 27.7. The van der Waals surface area contributed by atoms with Crippen LogP contribution in [-0.2, 0) is 0 Å². The molecule has 0 aromatic rings. The molecule has 0 radical (unpaired) electrons. The molecule has 0 spiro atoms. The van der Waals surface area contributed by atoms with E-state index in [-0.39, 0.29) is 5.41 Å². The van der Waals surface area contributed by atoms with Gasteiger partial charge >= 0.3 is 0 Å². The largest absolute Gasteiger partial charge is 0.0632 e. The molecule has 2 unspecified atom stereocenters. The summed E-state index contributed by atoms with van der Waals surface area (Å²) in [5.41, 5.74) is 12.6. The van der Waals surface area contributed by atoms with Crippen molar-refractivity contribution >= 4 is 0 Å². The summed E-state index contributed by atoms with van der Waals surface area (Å²) in [6.07, 6.45) is 0. The van der Waals surface area contributed by atoms with Crippen LogP contribution < -0.4 is 0 Å². The lowest BCUT2D eigenvalue weighted by atomic mass is 9.71. The molecular weight excluding hydrogens is 252 g/mol. The maximum Gasteiger partial charge on any atom is 0.0151 e. The molecule has 0 aromatic heterocycles. The molecule has 2 atom stereocenters. The number of hydrogen-bond acceptors (Lipinski definition) is 0. The van der Waals surface area contributed by atoms with Gasteiger partial charge in [-0.15, -0.1) is 0 Å². The molecule has 0 aliphatic heterocycles. The van der Waals surface area contributed by atoms with Gasteiger partial charge in [0, 0.05) is 5.41 Å². The summed E-state index contributed by atoms with van der Waals surface area (Å²) < 4.78 is 0. The Kier molecular flexibility index (Phi) is 3.89. The SMILES string of the molecule is CC1=C(C)C(C)C(C)=C1C(C)(C)C1=C(C)C(C)C(C)=C1C. The van der Waals surface area contributed by atoms with Crippen molar-refractivity contribution in [2.45, 2.75) is 69.2 Å². The molecule has 2 aliphatic rings. The van der Waals surface area contributed by atoms with E-state index in [4.69, 9.17) is 0 Å². The summed E-state index contributed by atoms with van der Waals surface area (Å²) in [4.78, 5) is 0. The first-order valence-electron chi connectivity index (χ1n) is 8.31. The van der Waals surface area contributed by atoms with Crippen LogP contribution in [0.1, 0.15) is 69.2 Å². The molecule has 0 saturated heterocycles. The topological polar surface area (TPSA) is 0 Å². The second-order valence-electron chi connectivity index (χ2n) is 7.80. The smallest absolute Gasteiger partial charge is 0.0151 e. The quantitative estimate of drug-likeness (QED) is 0.534. The standard InChI is InChI=1S/C21H32/c1-11-12(2)16(6)19(15(11)5)21(9,10)20-17(7)13(3)14(4)18(20)8/h11,13H,1-10H3. The number of hydrogen-bond donors (Lipinski definition) is 0. The van der Waals surface area contributed by atoms with Crippen LogP contribution in [0, 0.1) is 17.3 Å². The van der Waals surface area contributed by atoms with Crippen LogP contribution in [0.5, 0.6) is 0 Å². The Bertz CT molecular complexity index is 560. The first-order valence-corrected chi connectivity index (χ1v) is 8.31. The van der Waals surface area contributed by atoms with Crippen molar-refractivity contribution in [3.05, 3.63) is 44.6 Å². The summed E-state index contributed by atoms with van der Waals surface area (Å²) in [6.45, 7) is 23.5. The van der Waals surface area contributed by atoms with Crippen LogP contribution in [0.3, 0.4) is 0 Å². The molecule has 0 amide bonds. The van der Waals surface area contributed by atoms with Crippen molar-refractivity contribution < 1.29 is 0 Å². The minimum absolute atomic E-state index is 0.111. The average Bonchev–Trinajstić information content (AvgIpc) is 2.72. The molecule has 0 saturated carbocycles. The van der Waals surface area contributed by atoms with E-state index in [1.54, 1.807) is 33.4 Å². The molecule has 0 nitrogen and oxygen atoms in total. The van der Waals surface area contributed by atoms with E-state index in [2.05, 4.69) is 69.2 Å². The molecule has 0 fully saturated rings. The predicted molar refractivity (Wildman–Crippen MR) is 94.3 cm³/mol. The first-order chi connectivity index (χ1) is 9.53. The van der Waals surface area contributed by atoms with Gasteiger partial charge in [0.15, 0.2) is 0 Å². The lowest BCUT2D eigenvalue weighted by Gasteiger charge is -2.33. The molecule has 21 heavy (non-hydrogen) atoms. The third-order valence-electron chi connectivity index (χ3n) is 6.57. The van der Waals surface area contributed by atoms with Crippen LogP contribution in [0.2, 0.25) is 0 Å². The van der Waals surface area contributed by atoms with E-state index < -0.39 is 0 Å². The fourth-order valence-corrected chi connectivity index (χ4v) is 4.77. The summed E-state index contributed by atoms with van der Waals surface area (Å²) in [5.74, 6) is 1.20. The lowest BCUT2D eigenvalue weighted by molar-refractivity contribution is 0.540. The first kappa shape index (κ1) is 16.3. The van der Waals surface area contributed by atoms with Gasteiger partial charge < -0.3 is 0 Å². The summed E-state index contributed by atoms with van der Waals surface area (Å²) in [7, 11) is 0. The highest BCUT2D eigenvalue weighted by atomic mass is 14.4. The zero-order valence-corrected chi connectivity index (χ0v) is 15.7. The van der Waals surface area contributed by atoms with Gasteiger partial charge in [-0.25, -0.2) is 0 Å². The van der Waals surface area contributed by atoms with E-state index in [0.29, 0.717) is 11.8 Å². The molecule has 2 rings (SSSR count). The number of allylic oxidation sites excluding steroid dienone is 8. The van der Waals surface area contributed by atoms with Crippen LogP contribution in [-0.4, -0.2) is 0 Å².